The first kappa shape index (κ1) is 19.3. The van der Waals surface area contributed by atoms with Gasteiger partial charge in [0.05, 0.1) is 17.1 Å². The molecule has 0 aliphatic carbocycles. The number of hydrogen-bond donors (Lipinski definition) is 0. The van der Waals surface area contributed by atoms with Gasteiger partial charge in [-0.25, -0.2) is 14.3 Å². The number of nitrogens with zero attached hydrogens (tertiary/aromatic N) is 4. The van der Waals surface area contributed by atoms with E-state index in [4.69, 9.17) is 0 Å². The van der Waals surface area contributed by atoms with Crippen molar-refractivity contribution in [1.29, 1.82) is 0 Å². The van der Waals surface area contributed by atoms with E-state index in [0.717, 1.165) is 12.2 Å². The molecule has 0 bridgehead atoms. The average molecular weight is 410 g/mol. The summed E-state index contributed by atoms with van der Waals surface area (Å²) in [6.07, 6.45) is 0.115. The molecule has 1 atom stereocenters. The molecule has 148 valence electrons. The molecule has 1 unspecified atom stereocenters. The number of aromatic nitrogens is 3. The number of anilines is 1. The van der Waals surface area contributed by atoms with Crippen LogP contribution in [-0.2, 0) is 4.79 Å². The average Bonchev–Trinajstić information content (AvgIpc) is 2.70. The van der Waals surface area contributed by atoms with Crippen LogP contribution < -0.4 is 14.7 Å². The fraction of sp³-hybridized carbons (Fsp3) is 0.238. The lowest BCUT2D eigenvalue weighted by Gasteiger charge is -2.32. The van der Waals surface area contributed by atoms with Crippen LogP contribution in [0.25, 0.3) is 11.3 Å². The van der Waals surface area contributed by atoms with Crippen LogP contribution in [0.4, 0.5) is 10.1 Å². The summed E-state index contributed by atoms with van der Waals surface area (Å²) in [4.78, 5) is 18.3. The number of carbonyl (C=O) groups excluding carboxylic acids is 1. The summed E-state index contributed by atoms with van der Waals surface area (Å²) in [6.45, 7) is 3.47. The summed E-state index contributed by atoms with van der Waals surface area (Å²) in [7, 11) is 0. The summed E-state index contributed by atoms with van der Waals surface area (Å²) < 4.78 is 15.5. The first-order valence-corrected chi connectivity index (χ1v) is 10.3. The van der Waals surface area contributed by atoms with Gasteiger partial charge >= 0.3 is 0 Å². The number of halogens is 1. The highest BCUT2D eigenvalue weighted by molar-refractivity contribution is 7.99. The zero-order valence-corrected chi connectivity index (χ0v) is 16.8. The van der Waals surface area contributed by atoms with Gasteiger partial charge in [-0.3, -0.25) is 4.79 Å². The first-order chi connectivity index (χ1) is 14.0. The van der Waals surface area contributed by atoms with Gasteiger partial charge in [-0.15, -0.1) is 0 Å². The molecule has 3 aromatic rings. The fourth-order valence-corrected chi connectivity index (χ4v) is 4.18. The highest BCUT2D eigenvalue weighted by Crippen LogP contribution is 2.40. The topological polar surface area (TPSA) is 73.0 Å². The minimum Gasteiger partial charge on any atom is -0.854 e. The maximum Gasteiger partial charge on any atom is 0.293 e. The molecule has 0 saturated heterocycles. The molecule has 1 aliphatic heterocycles. The smallest absolute Gasteiger partial charge is 0.293 e. The number of hydrogen-bond acceptors (Lipinski definition) is 5. The highest BCUT2D eigenvalue weighted by atomic mass is 32.2. The Morgan fingerprint density at radius 2 is 2.07 bits per heavy atom. The predicted octanol–water partition coefficient (Wildman–Crippen LogP) is 3.06. The Morgan fingerprint density at radius 3 is 2.79 bits per heavy atom. The van der Waals surface area contributed by atoms with E-state index in [1.807, 2.05) is 6.92 Å². The monoisotopic (exact) mass is 410 g/mol. The van der Waals surface area contributed by atoms with Gasteiger partial charge in [-0.1, -0.05) is 41.6 Å². The molecule has 0 saturated carbocycles. The highest BCUT2D eigenvalue weighted by Gasteiger charge is 2.43. The van der Waals surface area contributed by atoms with Gasteiger partial charge in [0, 0.05) is 23.3 Å². The van der Waals surface area contributed by atoms with Gasteiger partial charge in [-0.05, 0) is 36.8 Å². The van der Waals surface area contributed by atoms with Crippen molar-refractivity contribution in [3.8, 4) is 17.1 Å². The molecular weight excluding hydrogens is 391 g/mol. The van der Waals surface area contributed by atoms with Crippen LogP contribution in [0.3, 0.4) is 0 Å². The molecule has 0 spiro atoms. The Labute approximate surface area is 172 Å². The van der Waals surface area contributed by atoms with Crippen LogP contribution in [0.15, 0.2) is 53.7 Å². The number of carbonyl (C=O) groups is 1. The van der Waals surface area contributed by atoms with Gasteiger partial charge in [-0.2, -0.15) is 0 Å². The van der Waals surface area contributed by atoms with E-state index in [9.17, 15) is 14.3 Å². The number of thioether (sulfide) groups is 1. The van der Waals surface area contributed by atoms with E-state index in [1.165, 1.54) is 40.4 Å². The summed E-state index contributed by atoms with van der Waals surface area (Å²) >= 11 is 1.38. The molecule has 8 heteroatoms. The summed E-state index contributed by atoms with van der Waals surface area (Å²) in [5.41, 5.74) is 1.95. The largest absolute Gasteiger partial charge is 0.854 e. The van der Waals surface area contributed by atoms with Crippen LogP contribution in [0.2, 0.25) is 0 Å². The minimum atomic E-state index is -0.787. The summed E-state index contributed by atoms with van der Waals surface area (Å²) in [5, 5.41) is 17.9. The van der Waals surface area contributed by atoms with E-state index >= 15 is 0 Å². The van der Waals surface area contributed by atoms with E-state index in [2.05, 4.69) is 10.1 Å². The molecule has 2 heterocycles. The van der Waals surface area contributed by atoms with Crippen molar-refractivity contribution in [2.45, 2.75) is 31.6 Å². The number of rotatable bonds is 4. The molecule has 0 radical (unpaired) electrons. The second-order valence-electron chi connectivity index (χ2n) is 6.68. The van der Waals surface area contributed by atoms with Gasteiger partial charge in [0.1, 0.15) is 5.82 Å². The third-order valence-corrected chi connectivity index (χ3v) is 5.68. The third-order valence-electron chi connectivity index (χ3n) is 4.64. The lowest BCUT2D eigenvalue weighted by atomic mass is 10.0. The van der Waals surface area contributed by atoms with Gasteiger partial charge < -0.3 is 5.11 Å². The van der Waals surface area contributed by atoms with Crippen molar-refractivity contribution >= 4 is 23.4 Å². The predicted molar refractivity (Wildman–Crippen MR) is 106 cm³/mol. The van der Waals surface area contributed by atoms with Crippen molar-refractivity contribution in [3.05, 3.63) is 59.9 Å². The lowest BCUT2D eigenvalue weighted by Crippen LogP contribution is -2.58. The molecule has 0 N–H and O–H groups in total. The third kappa shape index (κ3) is 3.44. The molecular formula is C21H19FN4O2S. The number of amides is 1. The van der Waals surface area contributed by atoms with Crippen LogP contribution in [0, 0.1) is 5.82 Å². The normalized spacial score (nSPS) is 15.0. The van der Waals surface area contributed by atoms with Gasteiger partial charge in [0.25, 0.3) is 17.0 Å². The molecule has 1 amide bonds. The van der Waals surface area contributed by atoms with Crippen molar-refractivity contribution in [3.63, 3.8) is 0 Å². The lowest BCUT2D eigenvalue weighted by molar-refractivity contribution is -0.764. The van der Waals surface area contributed by atoms with E-state index in [1.54, 1.807) is 36.4 Å². The van der Waals surface area contributed by atoms with Crippen molar-refractivity contribution in [1.82, 2.24) is 10.1 Å². The maximum atomic E-state index is 14.0. The Kier molecular flexibility index (Phi) is 5.19. The standard InChI is InChI=1S/C21H19FN4O2S/c1-3-11-29-21-23-19(28)18-16-9-4-5-10-17(16)25(13(2)27)20(26(18)24-21)14-7-6-8-15(22)12-14/h4-10,12,20H,3,11H2,1-2H3. The zero-order chi connectivity index (χ0) is 20.5. The molecule has 2 aromatic carbocycles. The number of fused-ring (bicyclic) bond motifs is 3. The second kappa shape index (κ2) is 7.79. The maximum absolute atomic E-state index is 14.0. The molecule has 6 nitrogen and oxygen atoms in total. The Morgan fingerprint density at radius 1 is 1.28 bits per heavy atom. The summed E-state index contributed by atoms with van der Waals surface area (Å²) in [5.74, 6) is -0.325. The van der Waals surface area contributed by atoms with Crippen LogP contribution >= 0.6 is 11.8 Å². The van der Waals surface area contributed by atoms with E-state index < -0.39 is 17.9 Å². The van der Waals surface area contributed by atoms with Crippen molar-refractivity contribution in [2.24, 2.45) is 0 Å². The molecule has 1 aromatic heterocycles. The first-order valence-electron chi connectivity index (χ1n) is 9.29. The Bertz CT molecular complexity index is 1090. The van der Waals surface area contributed by atoms with Crippen molar-refractivity contribution in [2.75, 3.05) is 10.7 Å². The van der Waals surface area contributed by atoms with E-state index in [0.29, 0.717) is 22.0 Å². The van der Waals surface area contributed by atoms with Gasteiger partial charge in [0.15, 0.2) is 0 Å². The molecule has 29 heavy (non-hydrogen) atoms. The number of para-hydroxylation sites is 1. The minimum absolute atomic E-state index is 0.237. The van der Waals surface area contributed by atoms with Crippen LogP contribution in [-0.4, -0.2) is 21.7 Å². The van der Waals surface area contributed by atoms with Gasteiger partial charge in [0.2, 0.25) is 5.91 Å². The Balaban J connectivity index is 2.02. The molecule has 0 fully saturated rings. The Hall–Kier alpha value is -3.00. The van der Waals surface area contributed by atoms with E-state index in [-0.39, 0.29) is 11.6 Å². The SMILES string of the molecule is CCCSc1nc([O-])c2[n+](n1)C(c1cccc(F)c1)N(C(C)=O)c1ccccc1-2. The van der Waals surface area contributed by atoms with Crippen LogP contribution in [0.5, 0.6) is 5.88 Å². The fourth-order valence-electron chi connectivity index (χ4n) is 3.50. The second-order valence-corrected chi connectivity index (χ2v) is 7.74. The quantitative estimate of drug-likeness (QED) is 0.488. The summed E-state index contributed by atoms with van der Waals surface area (Å²) in [6, 6.07) is 13.1. The molecule has 1 aliphatic rings. The van der Waals surface area contributed by atoms with Crippen molar-refractivity contribution < 1.29 is 19.0 Å². The number of benzene rings is 2. The zero-order valence-electron chi connectivity index (χ0n) is 16.0. The molecule has 4 rings (SSSR count). The van der Waals surface area contributed by atoms with Crippen LogP contribution in [0.1, 0.15) is 32.0 Å².